The zero-order valence-electron chi connectivity index (χ0n) is 16.0. The van der Waals surface area contributed by atoms with Crippen LogP contribution in [0.3, 0.4) is 0 Å². The number of piperidine rings is 1. The predicted octanol–water partition coefficient (Wildman–Crippen LogP) is 1.76. The van der Waals surface area contributed by atoms with Crippen molar-refractivity contribution in [1.29, 1.82) is 0 Å². The lowest BCUT2D eigenvalue weighted by Gasteiger charge is -2.35. The summed E-state index contributed by atoms with van der Waals surface area (Å²) < 4.78 is 0. The molecule has 1 aliphatic heterocycles. The van der Waals surface area contributed by atoms with Gasteiger partial charge in [0.25, 0.3) is 0 Å². The lowest BCUT2D eigenvalue weighted by molar-refractivity contribution is -0.121. The summed E-state index contributed by atoms with van der Waals surface area (Å²) in [5.74, 6) is 1.64. The van der Waals surface area contributed by atoms with Gasteiger partial charge in [-0.05, 0) is 38.8 Å². The van der Waals surface area contributed by atoms with Crippen molar-refractivity contribution in [2.75, 3.05) is 46.8 Å². The van der Waals surface area contributed by atoms with Crippen molar-refractivity contribution in [1.82, 2.24) is 20.4 Å². The van der Waals surface area contributed by atoms with Gasteiger partial charge in [0.15, 0.2) is 5.96 Å². The summed E-state index contributed by atoms with van der Waals surface area (Å²) in [6.07, 6.45) is 2.76. The first kappa shape index (κ1) is 23.4. The average Bonchev–Trinajstić information content (AvgIpc) is 2.57. The number of rotatable bonds is 7. The molecule has 2 N–H and O–H groups in total. The van der Waals surface area contributed by atoms with E-state index in [1.54, 1.807) is 7.05 Å². The largest absolute Gasteiger partial charge is 0.359 e. The van der Waals surface area contributed by atoms with E-state index in [1.807, 2.05) is 7.05 Å². The van der Waals surface area contributed by atoms with Gasteiger partial charge in [-0.1, -0.05) is 13.8 Å². The molecule has 0 spiro atoms. The van der Waals surface area contributed by atoms with Crippen molar-refractivity contribution in [3.05, 3.63) is 0 Å². The van der Waals surface area contributed by atoms with E-state index in [0.717, 1.165) is 51.5 Å². The molecule has 1 unspecified atom stereocenters. The number of amides is 1. The third-order valence-electron chi connectivity index (χ3n) is 4.87. The number of nitrogens with one attached hydrogen (secondary N) is 2. The van der Waals surface area contributed by atoms with Gasteiger partial charge in [0.05, 0.1) is 0 Å². The van der Waals surface area contributed by atoms with E-state index in [0.29, 0.717) is 18.4 Å². The van der Waals surface area contributed by atoms with E-state index in [9.17, 15) is 4.79 Å². The predicted molar refractivity (Wildman–Crippen MR) is 112 cm³/mol. The number of hydrogen-bond donors (Lipinski definition) is 2. The van der Waals surface area contributed by atoms with Crippen LogP contribution in [-0.2, 0) is 4.79 Å². The second-order valence-corrected chi connectivity index (χ2v) is 6.31. The molecular formula is C17H36IN5O. The fraction of sp³-hybridized carbons (Fsp3) is 0.882. The third-order valence-corrected chi connectivity index (χ3v) is 4.87. The molecule has 1 fully saturated rings. The van der Waals surface area contributed by atoms with Gasteiger partial charge in [0.1, 0.15) is 0 Å². The molecule has 1 rings (SSSR count). The molecule has 1 amide bonds. The molecule has 0 aromatic carbocycles. The molecule has 0 bridgehead atoms. The van der Waals surface area contributed by atoms with Crippen LogP contribution in [0.5, 0.6) is 0 Å². The smallest absolute Gasteiger partial charge is 0.220 e. The van der Waals surface area contributed by atoms with Crippen LogP contribution in [0.2, 0.25) is 0 Å². The molecule has 1 atom stereocenters. The van der Waals surface area contributed by atoms with E-state index in [2.05, 4.69) is 46.2 Å². The SMILES string of the molecule is CCN(CC)C(C)CNC(=NC)N1CCC(CC(=O)NC)CC1.I. The minimum atomic E-state index is 0. The van der Waals surface area contributed by atoms with Crippen molar-refractivity contribution >= 4 is 35.8 Å². The maximum Gasteiger partial charge on any atom is 0.220 e. The van der Waals surface area contributed by atoms with Gasteiger partial charge in [-0.25, -0.2) is 0 Å². The Morgan fingerprint density at radius 2 is 1.88 bits per heavy atom. The van der Waals surface area contributed by atoms with E-state index >= 15 is 0 Å². The topological polar surface area (TPSA) is 60.0 Å². The van der Waals surface area contributed by atoms with Crippen LogP contribution in [0.4, 0.5) is 0 Å². The minimum Gasteiger partial charge on any atom is -0.359 e. The maximum absolute atomic E-state index is 11.5. The number of hydrogen-bond acceptors (Lipinski definition) is 3. The number of likely N-dealkylation sites (N-methyl/N-ethyl adjacent to an activating group) is 1. The number of carbonyl (C=O) groups is 1. The molecule has 0 aromatic heterocycles. The normalized spacial score (nSPS) is 17.4. The second-order valence-electron chi connectivity index (χ2n) is 6.31. The first-order valence-corrected chi connectivity index (χ1v) is 8.95. The minimum absolute atomic E-state index is 0. The monoisotopic (exact) mass is 453 g/mol. The molecule has 1 aliphatic rings. The fourth-order valence-corrected chi connectivity index (χ4v) is 3.26. The fourth-order valence-electron chi connectivity index (χ4n) is 3.26. The summed E-state index contributed by atoms with van der Waals surface area (Å²) in [6.45, 7) is 11.7. The highest BCUT2D eigenvalue weighted by Gasteiger charge is 2.23. The Morgan fingerprint density at radius 3 is 2.33 bits per heavy atom. The molecule has 1 heterocycles. The highest BCUT2D eigenvalue weighted by atomic mass is 127. The molecule has 0 aliphatic carbocycles. The van der Waals surface area contributed by atoms with Gasteiger partial charge in [0.2, 0.25) is 5.91 Å². The van der Waals surface area contributed by atoms with Crippen LogP contribution < -0.4 is 10.6 Å². The maximum atomic E-state index is 11.5. The molecule has 0 radical (unpaired) electrons. The number of likely N-dealkylation sites (tertiary alicyclic amines) is 1. The van der Waals surface area contributed by atoms with Gasteiger partial charge in [-0.15, -0.1) is 24.0 Å². The number of carbonyl (C=O) groups excluding carboxylic acids is 1. The third kappa shape index (κ3) is 7.55. The summed E-state index contributed by atoms with van der Waals surface area (Å²) in [5.41, 5.74) is 0. The van der Waals surface area contributed by atoms with E-state index in [4.69, 9.17) is 0 Å². The standard InChI is InChI=1S/C17H35N5O.HI/c1-6-21(7-2)14(3)13-20-17(19-5)22-10-8-15(9-11-22)12-16(23)18-4;/h14-15H,6-13H2,1-5H3,(H,18,23)(H,19,20);1H. The molecule has 6 nitrogen and oxygen atoms in total. The Balaban J connectivity index is 0.00000529. The number of halogens is 1. The highest BCUT2D eigenvalue weighted by Crippen LogP contribution is 2.20. The number of guanidine groups is 1. The average molecular weight is 453 g/mol. The Labute approximate surface area is 164 Å². The van der Waals surface area contributed by atoms with Crippen molar-refractivity contribution in [3.8, 4) is 0 Å². The van der Waals surface area contributed by atoms with Crippen molar-refractivity contribution < 1.29 is 4.79 Å². The summed E-state index contributed by atoms with van der Waals surface area (Å²) in [6, 6.07) is 0.493. The number of nitrogens with zero attached hydrogens (tertiary/aromatic N) is 3. The van der Waals surface area contributed by atoms with Gasteiger partial charge in [-0.2, -0.15) is 0 Å². The Bertz CT molecular complexity index is 379. The molecule has 24 heavy (non-hydrogen) atoms. The van der Waals surface area contributed by atoms with Crippen LogP contribution in [0.1, 0.15) is 40.0 Å². The first-order valence-electron chi connectivity index (χ1n) is 8.95. The van der Waals surface area contributed by atoms with Crippen molar-refractivity contribution in [3.63, 3.8) is 0 Å². The van der Waals surface area contributed by atoms with E-state index < -0.39 is 0 Å². The van der Waals surface area contributed by atoms with E-state index in [1.165, 1.54) is 0 Å². The van der Waals surface area contributed by atoms with E-state index in [-0.39, 0.29) is 29.9 Å². The van der Waals surface area contributed by atoms with Gasteiger partial charge in [0, 0.05) is 46.2 Å². The molecule has 0 saturated carbocycles. The highest BCUT2D eigenvalue weighted by molar-refractivity contribution is 14.0. The zero-order chi connectivity index (χ0) is 17.2. The van der Waals surface area contributed by atoms with Crippen molar-refractivity contribution in [2.24, 2.45) is 10.9 Å². The zero-order valence-corrected chi connectivity index (χ0v) is 18.3. The lowest BCUT2D eigenvalue weighted by Crippen LogP contribution is -2.49. The summed E-state index contributed by atoms with van der Waals surface area (Å²) in [5, 5.41) is 6.23. The summed E-state index contributed by atoms with van der Waals surface area (Å²) in [7, 11) is 3.56. The van der Waals surface area contributed by atoms with Crippen LogP contribution >= 0.6 is 24.0 Å². The first-order chi connectivity index (χ1) is 11.0. The van der Waals surface area contributed by atoms with Gasteiger partial charge >= 0.3 is 0 Å². The van der Waals surface area contributed by atoms with Crippen LogP contribution in [0.15, 0.2) is 4.99 Å². The summed E-state index contributed by atoms with van der Waals surface area (Å²) >= 11 is 0. The molecule has 0 aromatic rings. The van der Waals surface area contributed by atoms with Crippen molar-refractivity contribution in [2.45, 2.75) is 46.1 Å². The Morgan fingerprint density at radius 1 is 1.29 bits per heavy atom. The quantitative estimate of drug-likeness (QED) is 0.351. The Kier molecular flexibility index (Phi) is 12.4. The summed E-state index contributed by atoms with van der Waals surface area (Å²) in [4.78, 5) is 20.7. The molecule has 7 heteroatoms. The van der Waals surface area contributed by atoms with Gasteiger partial charge < -0.3 is 15.5 Å². The number of aliphatic imine (C=N–C) groups is 1. The molecule has 142 valence electrons. The second kappa shape index (κ2) is 12.7. The van der Waals surface area contributed by atoms with Crippen LogP contribution in [0.25, 0.3) is 0 Å². The Hall–Kier alpha value is -0.570. The molecule has 1 saturated heterocycles. The van der Waals surface area contributed by atoms with Crippen LogP contribution in [-0.4, -0.2) is 74.5 Å². The van der Waals surface area contributed by atoms with Gasteiger partial charge in [-0.3, -0.25) is 14.7 Å². The lowest BCUT2D eigenvalue weighted by atomic mass is 9.93. The van der Waals surface area contributed by atoms with Crippen LogP contribution in [0, 0.1) is 5.92 Å². The molecular weight excluding hydrogens is 417 g/mol.